The molecule has 0 spiro atoms. The molecule has 0 aliphatic carbocycles. The molecule has 1 amide bonds. The van der Waals surface area contributed by atoms with E-state index in [4.69, 9.17) is 11.6 Å². The highest BCUT2D eigenvalue weighted by atomic mass is 79.9. The number of nitrogens with one attached hydrogen (secondary N) is 1. The molecule has 82 valence electrons. The van der Waals surface area contributed by atoms with E-state index in [0.29, 0.717) is 18.1 Å². The molecule has 0 aliphatic rings. The van der Waals surface area contributed by atoms with E-state index < -0.39 is 0 Å². The molecular formula is C10H12BrClN2O. The maximum absolute atomic E-state index is 11.4. The smallest absolute Gasteiger partial charge is 0.225 e. The number of rotatable bonds is 5. The Balaban J connectivity index is 2.34. The number of halogens is 2. The zero-order valence-corrected chi connectivity index (χ0v) is 10.5. The first-order valence-electron chi connectivity index (χ1n) is 4.70. The monoisotopic (exact) mass is 290 g/mol. The van der Waals surface area contributed by atoms with E-state index in [9.17, 15) is 4.79 Å². The van der Waals surface area contributed by atoms with Crippen molar-refractivity contribution in [3.05, 3.63) is 22.8 Å². The van der Waals surface area contributed by atoms with E-state index >= 15 is 0 Å². The van der Waals surface area contributed by atoms with Gasteiger partial charge in [-0.25, -0.2) is 4.98 Å². The van der Waals surface area contributed by atoms with E-state index in [2.05, 4.69) is 26.2 Å². The Bertz CT molecular complexity index is 316. The Morgan fingerprint density at radius 1 is 1.47 bits per heavy atom. The third-order valence-corrected chi connectivity index (χ3v) is 2.52. The van der Waals surface area contributed by atoms with E-state index in [0.717, 1.165) is 17.3 Å². The Morgan fingerprint density at radius 2 is 2.27 bits per heavy atom. The number of amides is 1. The predicted octanol–water partition coefficient (Wildman–Crippen LogP) is 3.19. The molecule has 1 N–H and O–H groups in total. The Morgan fingerprint density at radius 3 is 2.87 bits per heavy atom. The summed E-state index contributed by atoms with van der Waals surface area (Å²) in [5, 5.41) is 2.71. The van der Waals surface area contributed by atoms with Gasteiger partial charge in [0.25, 0.3) is 0 Å². The third-order valence-electron chi connectivity index (χ3n) is 1.78. The van der Waals surface area contributed by atoms with Crippen molar-refractivity contribution in [1.82, 2.24) is 4.98 Å². The van der Waals surface area contributed by atoms with Crippen molar-refractivity contribution in [2.45, 2.75) is 19.3 Å². The van der Waals surface area contributed by atoms with E-state index in [-0.39, 0.29) is 5.91 Å². The number of aromatic nitrogens is 1. The summed E-state index contributed by atoms with van der Waals surface area (Å²) in [7, 11) is 0. The average molecular weight is 292 g/mol. The van der Waals surface area contributed by atoms with Crippen LogP contribution in [0.2, 0.25) is 0 Å². The second-order valence-corrected chi connectivity index (χ2v) is 4.35. The lowest BCUT2D eigenvalue weighted by Crippen LogP contribution is -2.12. The molecule has 3 nitrogen and oxygen atoms in total. The summed E-state index contributed by atoms with van der Waals surface area (Å²) in [5.74, 6) is 1.16. The summed E-state index contributed by atoms with van der Waals surface area (Å²) in [6.07, 6.45) is 3.81. The lowest BCUT2D eigenvalue weighted by Gasteiger charge is -2.03. The maximum Gasteiger partial charge on any atom is 0.225 e. The van der Waals surface area contributed by atoms with Crippen LogP contribution in [0, 0.1) is 0 Å². The molecule has 1 aromatic rings. The van der Waals surface area contributed by atoms with Crippen molar-refractivity contribution in [3.63, 3.8) is 0 Å². The highest BCUT2D eigenvalue weighted by molar-refractivity contribution is 9.10. The van der Waals surface area contributed by atoms with Gasteiger partial charge < -0.3 is 5.32 Å². The van der Waals surface area contributed by atoms with Crippen molar-refractivity contribution < 1.29 is 4.79 Å². The number of hydrogen-bond donors (Lipinski definition) is 1. The maximum atomic E-state index is 11.4. The zero-order chi connectivity index (χ0) is 11.1. The number of alkyl halides is 1. The lowest BCUT2D eigenvalue weighted by molar-refractivity contribution is -0.116. The van der Waals surface area contributed by atoms with E-state index in [1.807, 2.05) is 6.07 Å². The summed E-state index contributed by atoms with van der Waals surface area (Å²) >= 11 is 8.79. The Kier molecular flexibility index (Phi) is 5.65. The highest BCUT2D eigenvalue weighted by Crippen LogP contribution is 2.10. The van der Waals surface area contributed by atoms with E-state index in [1.165, 1.54) is 0 Å². The SMILES string of the molecule is O=C(CCCCCl)Nc1ccc(Br)cn1. The fourth-order valence-corrected chi connectivity index (χ4v) is 1.46. The van der Waals surface area contributed by atoms with Gasteiger partial charge >= 0.3 is 0 Å². The molecule has 5 heteroatoms. The molecule has 0 aliphatic heterocycles. The fraction of sp³-hybridized carbons (Fsp3) is 0.400. The zero-order valence-electron chi connectivity index (χ0n) is 8.17. The normalized spacial score (nSPS) is 10.0. The van der Waals surface area contributed by atoms with Crippen LogP contribution in [0.1, 0.15) is 19.3 Å². The van der Waals surface area contributed by atoms with Gasteiger partial charge in [-0.1, -0.05) is 0 Å². The highest BCUT2D eigenvalue weighted by Gasteiger charge is 2.02. The number of nitrogens with zero attached hydrogens (tertiary/aromatic N) is 1. The number of anilines is 1. The van der Waals surface area contributed by atoms with Crippen molar-refractivity contribution in [3.8, 4) is 0 Å². The van der Waals surface area contributed by atoms with Gasteiger partial charge in [0.05, 0.1) is 0 Å². The van der Waals surface area contributed by atoms with Crippen LogP contribution in [0.4, 0.5) is 5.82 Å². The third kappa shape index (κ3) is 5.14. The van der Waals surface area contributed by atoms with E-state index in [1.54, 1.807) is 12.3 Å². The van der Waals surface area contributed by atoms with Gasteiger partial charge in [0.1, 0.15) is 5.82 Å². The van der Waals surface area contributed by atoms with Crippen molar-refractivity contribution in [1.29, 1.82) is 0 Å². The van der Waals surface area contributed by atoms with Crippen LogP contribution in [0.15, 0.2) is 22.8 Å². The van der Waals surface area contributed by atoms with Crippen LogP contribution in [0.3, 0.4) is 0 Å². The van der Waals surface area contributed by atoms with Gasteiger partial charge in [0.15, 0.2) is 0 Å². The molecule has 1 aromatic heterocycles. The topological polar surface area (TPSA) is 42.0 Å². The van der Waals surface area contributed by atoms with Crippen molar-refractivity contribution in [2.75, 3.05) is 11.2 Å². The predicted molar refractivity (Wildman–Crippen MR) is 65.1 cm³/mol. The van der Waals surface area contributed by atoms with Crippen LogP contribution < -0.4 is 5.32 Å². The molecule has 0 saturated carbocycles. The molecule has 0 fully saturated rings. The molecule has 0 bridgehead atoms. The molecule has 1 heterocycles. The summed E-state index contributed by atoms with van der Waals surface area (Å²) in [4.78, 5) is 15.4. The molecule has 0 aromatic carbocycles. The second-order valence-electron chi connectivity index (χ2n) is 3.06. The van der Waals surface area contributed by atoms with Crippen molar-refractivity contribution >= 4 is 39.3 Å². The average Bonchev–Trinajstić information content (AvgIpc) is 2.22. The van der Waals surface area contributed by atoms with Gasteiger partial charge in [0.2, 0.25) is 5.91 Å². The summed E-state index contributed by atoms with van der Waals surface area (Å²) < 4.78 is 0.891. The van der Waals surface area contributed by atoms with Crippen molar-refractivity contribution in [2.24, 2.45) is 0 Å². The van der Waals surface area contributed by atoms with Crippen LogP contribution in [-0.2, 0) is 4.79 Å². The molecule has 0 unspecified atom stereocenters. The number of unbranched alkanes of at least 4 members (excludes halogenated alkanes) is 1. The minimum atomic E-state index is -0.0186. The van der Waals surface area contributed by atoms with Gasteiger partial charge in [-0.15, -0.1) is 11.6 Å². The minimum absolute atomic E-state index is 0.0186. The summed E-state index contributed by atoms with van der Waals surface area (Å²) in [6.45, 7) is 0. The standard InChI is InChI=1S/C10H12BrClN2O/c11-8-4-5-9(13-7-8)14-10(15)3-1-2-6-12/h4-5,7H,1-3,6H2,(H,13,14,15). The molecule has 0 saturated heterocycles. The number of carbonyl (C=O) groups is 1. The molecule has 1 rings (SSSR count). The summed E-state index contributed by atoms with van der Waals surface area (Å²) in [6, 6.07) is 3.59. The van der Waals surface area contributed by atoms with Crippen LogP contribution in [0.25, 0.3) is 0 Å². The molecular weight excluding hydrogens is 279 g/mol. The first-order chi connectivity index (χ1) is 7.22. The largest absolute Gasteiger partial charge is 0.311 e. The van der Waals surface area contributed by atoms with Gasteiger partial charge in [-0.3, -0.25) is 4.79 Å². The number of pyridine rings is 1. The first kappa shape index (κ1) is 12.5. The molecule has 15 heavy (non-hydrogen) atoms. The summed E-state index contributed by atoms with van der Waals surface area (Å²) in [5.41, 5.74) is 0. The van der Waals surface area contributed by atoms with Crippen LogP contribution in [-0.4, -0.2) is 16.8 Å². The van der Waals surface area contributed by atoms with Gasteiger partial charge in [0, 0.05) is 23.0 Å². The quantitative estimate of drug-likeness (QED) is 0.669. The minimum Gasteiger partial charge on any atom is -0.311 e. The molecule has 0 atom stereocenters. The lowest BCUT2D eigenvalue weighted by atomic mass is 10.2. The Hall–Kier alpha value is -0.610. The second kappa shape index (κ2) is 6.80. The number of carbonyl (C=O) groups excluding carboxylic acids is 1. The van der Waals surface area contributed by atoms with Crippen LogP contribution in [0.5, 0.6) is 0 Å². The first-order valence-corrected chi connectivity index (χ1v) is 6.02. The molecule has 0 radical (unpaired) electrons. The Labute approximate surface area is 102 Å². The van der Waals surface area contributed by atoms with Gasteiger partial charge in [-0.05, 0) is 40.9 Å². The van der Waals surface area contributed by atoms with Crippen LogP contribution >= 0.6 is 27.5 Å². The van der Waals surface area contributed by atoms with Gasteiger partial charge in [-0.2, -0.15) is 0 Å². The fourth-order valence-electron chi connectivity index (χ4n) is 1.04. The number of hydrogen-bond acceptors (Lipinski definition) is 2.